The summed E-state index contributed by atoms with van der Waals surface area (Å²) in [5.74, 6) is 0.923. The molecule has 0 N–H and O–H groups in total. The molecule has 3 aromatic carbocycles. The van der Waals surface area contributed by atoms with Crippen molar-refractivity contribution in [3.63, 3.8) is 0 Å². The first kappa shape index (κ1) is 19.7. The number of rotatable bonds is 5. The van der Waals surface area contributed by atoms with Gasteiger partial charge in [-0.1, -0.05) is 81.5 Å². The van der Waals surface area contributed by atoms with Gasteiger partial charge in [-0.2, -0.15) is 0 Å². The van der Waals surface area contributed by atoms with Gasteiger partial charge in [0, 0.05) is 6.42 Å². The standard InChI is InChI=1S/C27H28OP/c1-27(2,3)22-18-20-23(21-19-22)28-29(26-16-10-11-17-26,24-12-6-4-7-13-24)25-14-8-5-9-15-25/h4-16,18-21H,17H2,1-3H3/q+1. The summed E-state index contributed by atoms with van der Waals surface area (Å²) in [6, 6.07) is 30.1. The number of hydrogen-bond acceptors (Lipinski definition) is 1. The van der Waals surface area contributed by atoms with Crippen LogP contribution in [-0.2, 0) is 5.41 Å². The summed E-state index contributed by atoms with van der Waals surface area (Å²) >= 11 is 0. The molecule has 0 bridgehead atoms. The van der Waals surface area contributed by atoms with Crippen LogP contribution in [0.2, 0.25) is 0 Å². The van der Waals surface area contributed by atoms with E-state index in [-0.39, 0.29) is 5.41 Å². The van der Waals surface area contributed by atoms with Gasteiger partial charge in [-0.3, -0.25) is 0 Å². The summed E-state index contributed by atoms with van der Waals surface area (Å²) in [5.41, 5.74) is 1.44. The highest BCUT2D eigenvalue weighted by molar-refractivity contribution is 7.89. The molecule has 0 unspecified atom stereocenters. The van der Waals surface area contributed by atoms with Crippen LogP contribution in [0.5, 0.6) is 5.75 Å². The van der Waals surface area contributed by atoms with Crippen molar-refractivity contribution in [2.24, 2.45) is 0 Å². The first-order valence-corrected chi connectivity index (χ1v) is 11.9. The van der Waals surface area contributed by atoms with E-state index < -0.39 is 7.49 Å². The molecule has 0 radical (unpaired) electrons. The summed E-state index contributed by atoms with van der Waals surface area (Å²) in [6.45, 7) is 6.72. The molecule has 0 saturated carbocycles. The monoisotopic (exact) mass is 399 g/mol. The van der Waals surface area contributed by atoms with E-state index in [1.54, 1.807) is 0 Å². The van der Waals surface area contributed by atoms with Crippen molar-refractivity contribution < 1.29 is 4.52 Å². The second-order valence-corrected chi connectivity index (χ2v) is 11.4. The maximum atomic E-state index is 7.03. The van der Waals surface area contributed by atoms with Crippen molar-refractivity contribution in [1.29, 1.82) is 0 Å². The highest BCUT2D eigenvalue weighted by Gasteiger charge is 2.51. The van der Waals surface area contributed by atoms with E-state index in [9.17, 15) is 0 Å². The Kier molecular flexibility index (Phi) is 5.43. The van der Waals surface area contributed by atoms with Gasteiger partial charge in [-0.15, -0.1) is 0 Å². The largest absolute Gasteiger partial charge is 0.335 e. The Balaban J connectivity index is 1.86. The van der Waals surface area contributed by atoms with Crippen molar-refractivity contribution in [2.75, 3.05) is 0 Å². The third kappa shape index (κ3) is 3.93. The Morgan fingerprint density at radius 3 is 1.72 bits per heavy atom. The summed E-state index contributed by atoms with van der Waals surface area (Å²) in [6.07, 6.45) is 7.55. The van der Waals surface area contributed by atoms with Crippen molar-refractivity contribution in [1.82, 2.24) is 0 Å². The second kappa shape index (κ2) is 8.01. The van der Waals surface area contributed by atoms with E-state index in [4.69, 9.17) is 4.52 Å². The van der Waals surface area contributed by atoms with Crippen molar-refractivity contribution in [3.8, 4) is 5.75 Å². The van der Waals surface area contributed by atoms with Gasteiger partial charge in [0.05, 0.1) is 0 Å². The van der Waals surface area contributed by atoms with Crippen LogP contribution >= 0.6 is 7.49 Å². The quantitative estimate of drug-likeness (QED) is 0.429. The zero-order valence-corrected chi connectivity index (χ0v) is 18.3. The Bertz CT molecular complexity index is 970. The molecule has 1 aliphatic rings. The number of benzene rings is 3. The Morgan fingerprint density at radius 2 is 1.28 bits per heavy atom. The summed E-state index contributed by atoms with van der Waals surface area (Å²) in [4.78, 5) is 0. The Morgan fingerprint density at radius 1 is 0.724 bits per heavy atom. The van der Waals surface area contributed by atoms with Gasteiger partial charge in [0.1, 0.15) is 15.9 Å². The van der Waals surface area contributed by atoms with E-state index in [1.165, 1.54) is 21.5 Å². The molecule has 0 amide bonds. The summed E-state index contributed by atoms with van der Waals surface area (Å²) in [5, 5.41) is 3.86. The molecule has 2 heteroatoms. The molecular weight excluding hydrogens is 371 g/mol. The molecule has 4 rings (SSSR count). The third-order valence-corrected chi connectivity index (χ3v) is 9.03. The predicted molar refractivity (Wildman–Crippen MR) is 127 cm³/mol. The van der Waals surface area contributed by atoms with Crippen LogP contribution in [0.3, 0.4) is 0 Å². The van der Waals surface area contributed by atoms with Gasteiger partial charge in [-0.05, 0) is 53.5 Å². The molecule has 0 heterocycles. The Hall–Kier alpha value is -2.63. The molecule has 29 heavy (non-hydrogen) atoms. The third-order valence-electron chi connectivity index (χ3n) is 5.36. The Labute approximate surface area is 175 Å². The lowest BCUT2D eigenvalue weighted by atomic mass is 9.87. The molecular formula is C27H28OP+. The van der Waals surface area contributed by atoms with Gasteiger partial charge in [0.2, 0.25) is 0 Å². The minimum absolute atomic E-state index is 0.127. The second-order valence-electron chi connectivity index (χ2n) is 8.44. The van der Waals surface area contributed by atoms with Crippen LogP contribution in [-0.4, -0.2) is 0 Å². The SMILES string of the molecule is CC(C)(C)c1ccc(O[P+](C2=CC=CC2)(c2ccccc2)c2ccccc2)cc1. The fourth-order valence-electron chi connectivity index (χ4n) is 3.76. The van der Waals surface area contributed by atoms with Crippen LogP contribution in [0.15, 0.2) is 108 Å². The van der Waals surface area contributed by atoms with Crippen molar-refractivity contribution >= 4 is 18.1 Å². The van der Waals surface area contributed by atoms with Crippen molar-refractivity contribution in [3.05, 3.63) is 114 Å². The topological polar surface area (TPSA) is 9.23 Å². The van der Waals surface area contributed by atoms with E-state index in [1.807, 2.05) is 0 Å². The van der Waals surface area contributed by atoms with E-state index >= 15 is 0 Å². The lowest BCUT2D eigenvalue weighted by Gasteiger charge is -2.27. The molecule has 0 aliphatic heterocycles. The summed E-state index contributed by atoms with van der Waals surface area (Å²) in [7, 11) is -2.23. The average molecular weight is 399 g/mol. The van der Waals surface area contributed by atoms with Crippen LogP contribution in [0.25, 0.3) is 0 Å². The highest BCUT2D eigenvalue weighted by atomic mass is 31.2. The van der Waals surface area contributed by atoms with Gasteiger partial charge >= 0.3 is 0 Å². The average Bonchev–Trinajstić information content (AvgIpc) is 3.28. The number of hydrogen-bond donors (Lipinski definition) is 0. The van der Waals surface area contributed by atoms with E-state index in [2.05, 4.69) is 124 Å². The first-order chi connectivity index (χ1) is 14.0. The van der Waals surface area contributed by atoms with E-state index in [0.717, 1.165) is 12.2 Å². The van der Waals surface area contributed by atoms with Crippen molar-refractivity contribution in [2.45, 2.75) is 32.6 Å². The molecule has 1 nitrogen and oxygen atoms in total. The zero-order valence-electron chi connectivity index (χ0n) is 17.4. The molecule has 0 aromatic heterocycles. The highest BCUT2D eigenvalue weighted by Crippen LogP contribution is 2.65. The molecule has 0 atom stereocenters. The molecule has 1 aliphatic carbocycles. The maximum absolute atomic E-state index is 7.03. The molecule has 0 spiro atoms. The van der Waals surface area contributed by atoms with Crippen LogP contribution in [0, 0.1) is 0 Å². The lowest BCUT2D eigenvalue weighted by Crippen LogP contribution is -2.27. The first-order valence-electron chi connectivity index (χ1n) is 10.2. The minimum Gasteiger partial charge on any atom is -0.335 e. The minimum atomic E-state index is -2.23. The normalized spacial score (nSPS) is 14.0. The maximum Gasteiger partial charge on any atom is 0.283 e. The summed E-state index contributed by atoms with van der Waals surface area (Å²) < 4.78 is 7.03. The fraction of sp³-hybridized carbons (Fsp3) is 0.185. The smallest absolute Gasteiger partial charge is 0.283 e. The van der Waals surface area contributed by atoms with Crippen LogP contribution in [0.1, 0.15) is 32.8 Å². The molecule has 0 saturated heterocycles. The van der Waals surface area contributed by atoms with Gasteiger partial charge < -0.3 is 4.52 Å². The number of allylic oxidation sites excluding steroid dienone is 4. The van der Waals surface area contributed by atoms with Gasteiger partial charge in [-0.25, -0.2) is 0 Å². The molecule has 146 valence electrons. The van der Waals surface area contributed by atoms with Gasteiger partial charge in [0.25, 0.3) is 7.49 Å². The zero-order chi connectivity index (χ0) is 20.3. The van der Waals surface area contributed by atoms with E-state index in [0.29, 0.717) is 0 Å². The van der Waals surface area contributed by atoms with Crippen LogP contribution < -0.4 is 15.1 Å². The fourth-order valence-corrected chi connectivity index (χ4v) is 7.33. The lowest BCUT2D eigenvalue weighted by molar-refractivity contribution is 0.584. The predicted octanol–water partition coefficient (Wildman–Crippen LogP) is 6.79. The van der Waals surface area contributed by atoms with Crippen LogP contribution in [0.4, 0.5) is 0 Å². The molecule has 0 fully saturated rings. The molecule has 3 aromatic rings. The van der Waals surface area contributed by atoms with Gasteiger partial charge in [0.15, 0.2) is 5.75 Å².